The maximum atomic E-state index is 2.16. The first-order valence-corrected chi connectivity index (χ1v) is 9.64. The Kier molecular flexibility index (Phi) is 10.3. The maximum absolute atomic E-state index is 2.16. The van der Waals surface area contributed by atoms with Crippen molar-refractivity contribution in [3.8, 4) is 0 Å². The van der Waals surface area contributed by atoms with Gasteiger partial charge in [-0.3, -0.25) is 0 Å². The third kappa shape index (κ3) is 7.18. The Morgan fingerprint density at radius 1 is 0.345 bits per heavy atom. The zero-order chi connectivity index (χ0) is 19.6. The van der Waals surface area contributed by atoms with Crippen molar-refractivity contribution >= 4 is 48.9 Å². The molecular formula is C28H26Ba. The van der Waals surface area contributed by atoms with Crippen LogP contribution in [0.3, 0.4) is 0 Å². The molecule has 0 aliphatic heterocycles. The third-order valence-corrected chi connectivity index (χ3v) is 4.83. The minimum Gasteiger partial charge on any atom is -0.121 e. The molecule has 140 valence electrons. The van der Waals surface area contributed by atoms with Crippen molar-refractivity contribution in [3.05, 3.63) is 155 Å². The molecule has 0 unspecified atom stereocenters. The van der Waals surface area contributed by atoms with Crippen LogP contribution in [0.1, 0.15) is 36.1 Å². The number of benzene rings is 4. The standard InChI is InChI=1S/2C14H13.Ba/c2*1-12(13-8-4-2-5-9-13)14-10-6-3-7-11-14;/h2*2-11H,1H3;/q2*-1;+2. The summed E-state index contributed by atoms with van der Waals surface area (Å²) in [6.45, 7) is 4.31. The Labute approximate surface area is 216 Å². The molecule has 0 atom stereocenters. The summed E-state index contributed by atoms with van der Waals surface area (Å²) in [6, 6.07) is 41.9. The summed E-state index contributed by atoms with van der Waals surface area (Å²) in [4.78, 5) is 0. The van der Waals surface area contributed by atoms with Gasteiger partial charge in [-0.2, -0.15) is 0 Å². The summed E-state index contributed by atoms with van der Waals surface area (Å²) in [5, 5.41) is 0. The summed E-state index contributed by atoms with van der Waals surface area (Å²) < 4.78 is 0. The van der Waals surface area contributed by atoms with Gasteiger partial charge in [-0.05, 0) is 0 Å². The van der Waals surface area contributed by atoms with Crippen LogP contribution in [0, 0.1) is 11.8 Å². The zero-order valence-electron chi connectivity index (χ0n) is 17.3. The van der Waals surface area contributed by atoms with Crippen LogP contribution in [0.25, 0.3) is 0 Å². The predicted molar refractivity (Wildman–Crippen MR) is 126 cm³/mol. The molecule has 0 radical (unpaired) electrons. The second kappa shape index (κ2) is 12.7. The topological polar surface area (TPSA) is 0 Å². The van der Waals surface area contributed by atoms with E-state index < -0.39 is 0 Å². The summed E-state index contributed by atoms with van der Waals surface area (Å²) in [6.07, 6.45) is 0. The van der Waals surface area contributed by atoms with Gasteiger partial charge in [0.05, 0.1) is 0 Å². The van der Waals surface area contributed by atoms with Crippen LogP contribution in [0.2, 0.25) is 0 Å². The minimum atomic E-state index is 0. The first kappa shape index (κ1) is 23.5. The molecule has 4 aromatic rings. The number of hydrogen-bond donors (Lipinski definition) is 0. The predicted octanol–water partition coefficient (Wildman–Crippen LogP) is 6.97. The molecule has 0 amide bonds. The molecule has 0 fully saturated rings. The van der Waals surface area contributed by atoms with Crippen LogP contribution < -0.4 is 0 Å². The van der Waals surface area contributed by atoms with Gasteiger partial charge in [0.1, 0.15) is 0 Å². The van der Waals surface area contributed by atoms with Gasteiger partial charge in [-0.1, -0.05) is 86.6 Å². The van der Waals surface area contributed by atoms with E-state index in [1.807, 2.05) is 24.3 Å². The normalized spacial score (nSPS) is 9.45. The van der Waals surface area contributed by atoms with Gasteiger partial charge in [0.15, 0.2) is 0 Å². The van der Waals surface area contributed by atoms with Gasteiger partial charge in [-0.15, -0.1) is 82.6 Å². The fourth-order valence-corrected chi connectivity index (χ4v) is 3.09. The van der Waals surface area contributed by atoms with Crippen molar-refractivity contribution in [3.63, 3.8) is 0 Å². The Morgan fingerprint density at radius 2 is 0.517 bits per heavy atom. The summed E-state index contributed by atoms with van der Waals surface area (Å²) in [7, 11) is 0. The van der Waals surface area contributed by atoms with E-state index in [9.17, 15) is 0 Å². The first-order valence-electron chi connectivity index (χ1n) is 9.64. The summed E-state index contributed by atoms with van der Waals surface area (Å²) in [5.41, 5.74) is 5.16. The smallest absolute Gasteiger partial charge is 0.121 e. The Balaban J connectivity index is 0.000000200. The Hall–Kier alpha value is -1.81. The Bertz CT molecular complexity index is 759. The summed E-state index contributed by atoms with van der Waals surface area (Å²) >= 11 is 0. The molecule has 4 rings (SSSR count). The fraction of sp³-hybridized carbons (Fsp3) is 0.0714. The van der Waals surface area contributed by atoms with Crippen molar-refractivity contribution in [2.45, 2.75) is 13.8 Å². The van der Waals surface area contributed by atoms with E-state index in [0.29, 0.717) is 0 Å². The van der Waals surface area contributed by atoms with Gasteiger partial charge in [0, 0.05) is 0 Å². The van der Waals surface area contributed by atoms with Crippen molar-refractivity contribution in [1.82, 2.24) is 0 Å². The van der Waals surface area contributed by atoms with Crippen molar-refractivity contribution in [2.24, 2.45) is 0 Å². The monoisotopic (exact) mass is 500 g/mol. The van der Waals surface area contributed by atoms with Crippen LogP contribution in [-0.2, 0) is 0 Å². The molecule has 29 heavy (non-hydrogen) atoms. The Morgan fingerprint density at radius 3 is 0.690 bits per heavy atom. The molecule has 0 nitrogen and oxygen atoms in total. The second-order valence-electron chi connectivity index (χ2n) is 6.71. The van der Waals surface area contributed by atoms with E-state index in [4.69, 9.17) is 0 Å². The molecule has 0 saturated heterocycles. The summed E-state index contributed by atoms with van der Waals surface area (Å²) in [5.74, 6) is 2.65. The third-order valence-electron chi connectivity index (χ3n) is 4.83. The maximum Gasteiger partial charge on any atom is 2.00 e. The van der Waals surface area contributed by atoms with E-state index in [-0.39, 0.29) is 48.9 Å². The molecule has 0 bridgehead atoms. The average Bonchev–Trinajstić information content (AvgIpc) is 2.81. The first-order chi connectivity index (χ1) is 13.8. The largest absolute Gasteiger partial charge is 2.00 e. The van der Waals surface area contributed by atoms with Crippen LogP contribution in [0.5, 0.6) is 0 Å². The van der Waals surface area contributed by atoms with Crippen LogP contribution in [-0.4, -0.2) is 48.9 Å². The van der Waals surface area contributed by atoms with Gasteiger partial charge in [-0.25, -0.2) is 0 Å². The molecule has 1 heteroatoms. The van der Waals surface area contributed by atoms with Gasteiger partial charge in [0.2, 0.25) is 0 Å². The molecule has 0 spiro atoms. The molecule has 0 aliphatic rings. The van der Waals surface area contributed by atoms with E-state index in [2.05, 4.69) is 111 Å². The molecule has 4 aromatic carbocycles. The quantitative estimate of drug-likeness (QED) is 0.210. The van der Waals surface area contributed by atoms with E-state index in [1.165, 1.54) is 34.1 Å². The van der Waals surface area contributed by atoms with E-state index in [0.717, 1.165) is 0 Å². The molecule has 0 N–H and O–H groups in total. The van der Waals surface area contributed by atoms with E-state index in [1.54, 1.807) is 0 Å². The second-order valence-corrected chi connectivity index (χ2v) is 6.71. The molecule has 0 aliphatic carbocycles. The average molecular weight is 500 g/mol. The number of rotatable bonds is 4. The minimum absolute atomic E-state index is 0. The molecule has 0 aromatic heterocycles. The van der Waals surface area contributed by atoms with Gasteiger partial charge in [0.25, 0.3) is 0 Å². The van der Waals surface area contributed by atoms with Crippen LogP contribution in [0.4, 0.5) is 0 Å². The molecule has 0 saturated carbocycles. The SMILES string of the molecule is C[C-](c1ccccc1)c1ccccc1.C[C-](c1ccccc1)c1ccccc1.[Ba+2]. The van der Waals surface area contributed by atoms with Gasteiger partial charge >= 0.3 is 48.9 Å². The van der Waals surface area contributed by atoms with Crippen LogP contribution in [0.15, 0.2) is 121 Å². The van der Waals surface area contributed by atoms with Crippen molar-refractivity contribution in [2.75, 3.05) is 0 Å². The molecule has 0 heterocycles. The van der Waals surface area contributed by atoms with Crippen molar-refractivity contribution < 1.29 is 0 Å². The van der Waals surface area contributed by atoms with Gasteiger partial charge < -0.3 is 0 Å². The zero-order valence-corrected chi connectivity index (χ0v) is 21.7. The fourth-order valence-electron chi connectivity index (χ4n) is 3.09. The number of hydrogen-bond acceptors (Lipinski definition) is 0. The molecular weight excluding hydrogens is 474 g/mol. The van der Waals surface area contributed by atoms with Crippen LogP contribution >= 0.6 is 0 Å². The van der Waals surface area contributed by atoms with Crippen molar-refractivity contribution in [1.29, 1.82) is 0 Å². The van der Waals surface area contributed by atoms with E-state index >= 15 is 0 Å².